The van der Waals surface area contributed by atoms with Crippen LogP contribution >= 0.6 is 0 Å². The molecule has 0 fully saturated rings. The highest BCUT2D eigenvalue weighted by Crippen LogP contribution is 2.38. The Morgan fingerprint density at radius 2 is 2.00 bits per heavy atom. The molecule has 5 nitrogen and oxygen atoms in total. The highest BCUT2D eigenvalue weighted by atomic mass is 16.1. The van der Waals surface area contributed by atoms with Crippen LogP contribution in [0.15, 0.2) is 24.3 Å². The summed E-state index contributed by atoms with van der Waals surface area (Å²) in [6.45, 7) is 13.1. The summed E-state index contributed by atoms with van der Waals surface area (Å²) in [5.74, 6) is -0.0372. The van der Waals surface area contributed by atoms with Gasteiger partial charge in [0.05, 0.1) is 5.69 Å². The van der Waals surface area contributed by atoms with Gasteiger partial charge in [0.2, 0.25) is 0 Å². The van der Waals surface area contributed by atoms with E-state index in [-0.39, 0.29) is 17.4 Å². The number of hydrogen-bond donors (Lipinski definition) is 3. The SMILES string of the molecule is CC(NC(=O)c1ccc2cc(-c3n[nH]c4c3CCC(C)(C)C4)[nH]c2c1)C(C)(C)C. The minimum Gasteiger partial charge on any atom is -0.353 e. The molecule has 3 N–H and O–H groups in total. The van der Waals surface area contributed by atoms with E-state index >= 15 is 0 Å². The fourth-order valence-corrected chi connectivity index (χ4v) is 3.96. The Morgan fingerprint density at radius 1 is 1.24 bits per heavy atom. The van der Waals surface area contributed by atoms with E-state index in [0.29, 0.717) is 11.0 Å². The number of amides is 1. The molecule has 3 aromatic rings. The molecule has 1 amide bonds. The molecule has 2 aromatic heterocycles. The molecule has 1 atom stereocenters. The minimum atomic E-state index is -0.0372. The van der Waals surface area contributed by atoms with Gasteiger partial charge in [0.15, 0.2) is 0 Å². The molecule has 1 aromatic carbocycles. The summed E-state index contributed by atoms with van der Waals surface area (Å²) in [4.78, 5) is 16.2. The zero-order valence-corrected chi connectivity index (χ0v) is 18.4. The fraction of sp³-hybridized carbons (Fsp3) is 0.500. The Morgan fingerprint density at radius 3 is 2.72 bits per heavy atom. The lowest BCUT2D eigenvalue weighted by atomic mass is 9.76. The predicted molar refractivity (Wildman–Crippen MR) is 118 cm³/mol. The van der Waals surface area contributed by atoms with Crippen LogP contribution in [0.2, 0.25) is 0 Å². The first kappa shape index (κ1) is 19.7. The predicted octanol–water partition coefficient (Wildman–Crippen LogP) is 5.24. The third-order valence-corrected chi connectivity index (χ3v) is 6.45. The topological polar surface area (TPSA) is 73.6 Å². The van der Waals surface area contributed by atoms with Crippen molar-refractivity contribution >= 4 is 16.8 Å². The summed E-state index contributed by atoms with van der Waals surface area (Å²) in [6.07, 6.45) is 3.25. The number of carbonyl (C=O) groups excluding carboxylic acids is 1. The van der Waals surface area contributed by atoms with Crippen molar-refractivity contribution in [3.8, 4) is 11.4 Å². The lowest BCUT2D eigenvalue weighted by Crippen LogP contribution is -2.41. The average molecular weight is 393 g/mol. The molecule has 0 saturated carbocycles. The van der Waals surface area contributed by atoms with Crippen LogP contribution in [0.5, 0.6) is 0 Å². The Bertz CT molecular complexity index is 1060. The zero-order chi connectivity index (χ0) is 21.0. The third kappa shape index (κ3) is 3.83. The second kappa shape index (κ2) is 6.75. The number of aromatic nitrogens is 3. The first-order valence-corrected chi connectivity index (χ1v) is 10.5. The summed E-state index contributed by atoms with van der Waals surface area (Å²) in [7, 11) is 0. The van der Waals surface area contributed by atoms with E-state index < -0.39 is 0 Å². The smallest absolute Gasteiger partial charge is 0.251 e. The maximum atomic E-state index is 12.7. The van der Waals surface area contributed by atoms with Crippen LogP contribution < -0.4 is 5.32 Å². The lowest BCUT2D eigenvalue weighted by molar-refractivity contribution is 0.0910. The van der Waals surface area contributed by atoms with Gasteiger partial charge in [0, 0.05) is 33.8 Å². The van der Waals surface area contributed by atoms with Crippen molar-refractivity contribution in [2.45, 2.75) is 66.8 Å². The largest absolute Gasteiger partial charge is 0.353 e. The molecule has 1 aliphatic rings. The monoisotopic (exact) mass is 392 g/mol. The van der Waals surface area contributed by atoms with Crippen LogP contribution in [0.1, 0.15) is 69.6 Å². The second-order valence-electron chi connectivity index (χ2n) is 10.4. The van der Waals surface area contributed by atoms with Crippen molar-refractivity contribution < 1.29 is 4.79 Å². The van der Waals surface area contributed by atoms with E-state index in [0.717, 1.165) is 35.1 Å². The van der Waals surface area contributed by atoms with Crippen molar-refractivity contribution in [3.63, 3.8) is 0 Å². The van der Waals surface area contributed by atoms with E-state index in [1.165, 1.54) is 17.7 Å². The third-order valence-electron chi connectivity index (χ3n) is 6.45. The summed E-state index contributed by atoms with van der Waals surface area (Å²) in [5.41, 5.74) is 6.59. The number of carbonyl (C=O) groups is 1. The molecule has 0 bridgehead atoms. The summed E-state index contributed by atoms with van der Waals surface area (Å²) >= 11 is 0. The van der Waals surface area contributed by atoms with Crippen molar-refractivity contribution in [3.05, 3.63) is 41.1 Å². The van der Waals surface area contributed by atoms with Gasteiger partial charge in [-0.15, -0.1) is 0 Å². The zero-order valence-electron chi connectivity index (χ0n) is 18.4. The van der Waals surface area contributed by atoms with Crippen LogP contribution in [-0.4, -0.2) is 27.1 Å². The molecule has 0 spiro atoms. The number of fused-ring (bicyclic) bond motifs is 2. The van der Waals surface area contributed by atoms with E-state index in [1.54, 1.807) is 0 Å². The van der Waals surface area contributed by atoms with Gasteiger partial charge in [-0.1, -0.05) is 40.7 Å². The maximum absolute atomic E-state index is 12.7. The van der Waals surface area contributed by atoms with Crippen molar-refractivity contribution in [2.75, 3.05) is 0 Å². The molecule has 0 saturated heterocycles. The van der Waals surface area contributed by atoms with Crippen molar-refractivity contribution in [1.29, 1.82) is 0 Å². The minimum absolute atomic E-state index is 0.0208. The number of nitrogens with one attached hydrogen (secondary N) is 3. The highest BCUT2D eigenvalue weighted by molar-refractivity contribution is 5.99. The van der Waals surface area contributed by atoms with E-state index in [1.807, 2.05) is 25.1 Å². The van der Waals surface area contributed by atoms with Gasteiger partial charge in [0.25, 0.3) is 5.91 Å². The quantitative estimate of drug-likeness (QED) is 0.570. The first-order chi connectivity index (χ1) is 13.5. The van der Waals surface area contributed by atoms with Crippen LogP contribution in [0.3, 0.4) is 0 Å². The van der Waals surface area contributed by atoms with E-state index in [2.05, 4.69) is 61.2 Å². The van der Waals surface area contributed by atoms with Gasteiger partial charge in [-0.3, -0.25) is 9.89 Å². The molecule has 29 heavy (non-hydrogen) atoms. The fourth-order valence-electron chi connectivity index (χ4n) is 3.96. The summed E-state index contributed by atoms with van der Waals surface area (Å²) < 4.78 is 0. The Balaban J connectivity index is 1.62. The van der Waals surface area contributed by atoms with E-state index in [4.69, 9.17) is 0 Å². The molecule has 0 aliphatic heterocycles. The number of rotatable bonds is 3. The second-order valence-corrected chi connectivity index (χ2v) is 10.4. The molecule has 154 valence electrons. The van der Waals surface area contributed by atoms with E-state index in [9.17, 15) is 4.79 Å². The molecule has 4 rings (SSSR count). The number of H-pyrrole nitrogens is 2. The first-order valence-electron chi connectivity index (χ1n) is 10.5. The van der Waals surface area contributed by atoms with Crippen LogP contribution in [0.4, 0.5) is 0 Å². The highest BCUT2D eigenvalue weighted by Gasteiger charge is 2.29. The molecular weight excluding hydrogens is 360 g/mol. The van der Waals surface area contributed by atoms with Crippen LogP contribution in [0, 0.1) is 10.8 Å². The molecule has 5 heteroatoms. The molecule has 1 aliphatic carbocycles. The maximum Gasteiger partial charge on any atom is 0.251 e. The van der Waals surface area contributed by atoms with Gasteiger partial charge in [-0.2, -0.15) is 5.10 Å². The molecule has 0 radical (unpaired) electrons. The van der Waals surface area contributed by atoms with Gasteiger partial charge >= 0.3 is 0 Å². The van der Waals surface area contributed by atoms with Gasteiger partial charge in [-0.25, -0.2) is 0 Å². The number of aromatic amines is 2. The van der Waals surface area contributed by atoms with Crippen molar-refractivity contribution in [2.24, 2.45) is 10.8 Å². The average Bonchev–Trinajstić information content (AvgIpc) is 3.21. The van der Waals surface area contributed by atoms with Gasteiger partial charge in [0.1, 0.15) is 5.69 Å². The lowest BCUT2D eigenvalue weighted by Gasteiger charge is -2.28. The van der Waals surface area contributed by atoms with Gasteiger partial charge < -0.3 is 10.3 Å². The van der Waals surface area contributed by atoms with Gasteiger partial charge in [-0.05, 0) is 55.2 Å². The standard InChI is InChI=1S/C24H32N4O/c1-14(23(2,3)4)25-22(29)16-8-7-15-11-19(26-18(15)12-16)21-17-9-10-24(5,6)13-20(17)27-28-21/h7-8,11-12,14,26H,9-10,13H2,1-6H3,(H,25,29)(H,27,28). The van der Waals surface area contributed by atoms with Crippen LogP contribution in [-0.2, 0) is 12.8 Å². The molecule has 1 unspecified atom stereocenters. The Kier molecular flexibility index (Phi) is 4.60. The Labute approximate surface area is 172 Å². The number of hydrogen-bond acceptors (Lipinski definition) is 2. The summed E-state index contributed by atoms with van der Waals surface area (Å²) in [5, 5.41) is 12.1. The number of nitrogens with zero attached hydrogens (tertiary/aromatic N) is 1. The normalized spacial score (nSPS) is 17.2. The number of benzene rings is 1. The summed E-state index contributed by atoms with van der Waals surface area (Å²) in [6, 6.07) is 8.06. The van der Waals surface area contributed by atoms with Crippen LogP contribution in [0.25, 0.3) is 22.3 Å². The Hall–Kier alpha value is -2.56. The van der Waals surface area contributed by atoms with Crippen molar-refractivity contribution in [1.82, 2.24) is 20.5 Å². The molecule has 2 heterocycles. The molecular formula is C24H32N4O.